The summed E-state index contributed by atoms with van der Waals surface area (Å²) in [6, 6.07) is 96.6. The van der Waals surface area contributed by atoms with E-state index < -0.39 is 0 Å². The maximum atomic E-state index is 5.59. The Morgan fingerprint density at radius 3 is 1.22 bits per heavy atom. The Kier molecular flexibility index (Phi) is 9.54. The van der Waals surface area contributed by atoms with Gasteiger partial charge in [-0.1, -0.05) is 200 Å². The molecule has 74 heavy (non-hydrogen) atoms. The Labute approximate surface area is 427 Å². The number of fused-ring (bicyclic) bond motifs is 12. The van der Waals surface area contributed by atoms with Crippen LogP contribution in [0.15, 0.2) is 267 Å². The van der Waals surface area contributed by atoms with Gasteiger partial charge in [0.25, 0.3) is 0 Å². The van der Waals surface area contributed by atoms with Crippen LogP contribution in [0.25, 0.3) is 143 Å². The van der Waals surface area contributed by atoms with Crippen molar-refractivity contribution >= 4 is 75.9 Å². The summed E-state index contributed by atoms with van der Waals surface area (Å²) in [5, 5.41) is 12.3. The number of benzene rings is 12. The highest BCUT2D eigenvalue weighted by molar-refractivity contribution is 6.26. The second-order valence-corrected chi connectivity index (χ2v) is 19.3. The summed E-state index contributed by atoms with van der Waals surface area (Å²) < 4.78 is 4.81. The van der Waals surface area contributed by atoms with Crippen LogP contribution in [0.1, 0.15) is 0 Å². The van der Waals surface area contributed by atoms with Crippen LogP contribution in [0.3, 0.4) is 0 Å². The number of hydrogen-bond acceptors (Lipinski definition) is 2. The molecule has 0 radical (unpaired) electrons. The van der Waals surface area contributed by atoms with Gasteiger partial charge in [-0.2, -0.15) is 0 Å². The lowest BCUT2D eigenvalue weighted by molar-refractivity contribution is 1.16. The summed E-state index contributed by atoms with van der Waals surface area (Å²) >= 11 is 0. The van der Waals surface area contributed by atoms with E-state index >= 15 is 0 Å². The van der Waals surface area contributed by atoms with E-state index in [9.17, 15) is 0 Å². The molecule has 15 aromatic rings. The summed E-state index contributed by atoms with van der Waals surface area (Å²) in [7, 11) is 0. The molecule has 0 bridgehead atoms. The van der Waals surface area contributed by atoms with Gasteiger partial charge < -0.3 is 9.13 Å². The molecule has 0 aliphatic rings. The van der Waals surface area contributed by atoms with Gasteiger partial charge in [0, 0.05) is 49.6 Å². The first-order valence-electron chi connectivity index (χ1n) is 25.3. The lowest BCUT2D eigenvalue weighted by Crippen LogP contribution is -2.00. The molecule has 12 aromatic carbocycles. The monoisotopic (exact) mass is 940 g/mol. The van der Waals surface area contributed by atoms with E-state index in [1.807, 2.05) is 0 Å². The highest BCUT2D eigenvalue weighted by atomic mass is 15.0. The van der Waals surface area contributed by atoms with Crippen LogP contribution in [0.2, 0.25) is 0 Å². The van der Waals surface area contributed by atoms with E-state index in [1.54, 1.807) is 0 Å². The van der Waals surface area contributed by atoms with Crippen molar-refractivity contribution in [1.82, 2.24) is 19.1 Å². The van der Waals surface area contributed by atoms with E-state index in [1.165, 1.54) is 70.5 Å². The van der Waals surface area contributed by atoms with Gasteiger partial charge >= 0.3 is 0 Å². The van der Waals surface area contributed by atoms with Gasteiger partial charge in [-0.3, -0.25) is 0 Å². The fourth-order valence-electron chi connectivity index (χ4n) is 11.6. The van der Waals surface area contributed by atoms with Gasteiger partial charge in [-0.25, -0.2) is 9.97 Å². The zero-order valence-electron chi connectivity index (χ0n) is 40.2. The molecule has 4 nitrogen and oxygen atoms in total. The smallest absolute Gasteiger partial charge is 0.160 e. The molecule has 0 N–H and O–H groups in total. The van der Waals surface area contributed by atoms with Gasteiger partial charge in [0.2, 0.25) is 0 Å². The van der Waals surface area contributed by atoms with Crippen molar-refractivity contribution in [3.63, 3.8) is 0 Å². The molecule has 4 heteroatoms. The molecule has 15 rings (SSSR count). The first kappa shape index (κ1) is 41.8. The molecule has 0 aliphatic heterocycles. The van der Waals surface area contributed by atoms with Gasteiger partial charge in [-0.05, 0) is 121 Å². The van der Waals surface area contributed by atoms with Gasteiger partial charge in [0.05, 0.1) is 33.5 Å². The Bertz CT molecular complexity index is 4670. The van der Waals surface area contributed by atoms with Crippen molar-refractivity contribution in [3.8, 4) is 67.5 Å². The normalized spacial score (nSPS) is 11.8. The van der Waals surface area contributed by atoms with Crippen molar-refractivity contribution in [2.75, 3.05) is 0 Å². The lowest BCUT2D eigenvalue weighted by Gasteiger charge is -2.16. The molecule has 3 heterocycles. The average Bonchev–Trinajstić information content (AvgIpc) is 4.01. The van der Waals surface area contributed by atoms with Crippen LogP contribution in [-0.2, 0) is 0 Å². The number of rotatable bonds is 7. The van der Waals surface area contributed by atoms with Crippen molar-refractivity contribution in [3.05, 3.63) is 267 Å². The number of para-hydroxylation sites is 3. The third-order valence-electron chi connectivity index (χ3n) is 15.1. The molecular formula is C70H44N4. The third-order valence-corrected chi connectivity index (χ3v) is 15.1. The maximum Gasteiger partial charge on any atom is 0.160 e. The summed E-state index contributed by atoms with van der Waals surface area (Å²) in [6.45, 7) is 0. The van der Waals surface area contributed by atoms with Crippen molar-refractivity contribution < 1.29 is 0 Å². The summed E-state index contributed by atoms with van der Waals surface area (Å²) in [4.78, 5) is 11.1. The van der Waals surface area contributed by atoms with E-state index in [0.717, 1.165) is 67.1 Å². The zero-order valence-corrected chi connectivity index (χ0v) is 40.2. The molecule has 0 atom stereocenters. The standard InChI is InChI=1S/C70H44N4/c1-4-18-45(19-5-1)48-33-36-61-60-29-15-17-31-67(60)74(68(61)42-48)53-39-50(47-32-35-58-56-26-11-10-24-54(56)55-25-12-13-27-57(55)63(58)41-47)38-51(40-53)70-71-64(46-20-6-2-7-21-46)44-65(72-70)49-34-37-62-59-28-14-16-30-66(59)73(69(62)43-49)52-22-8-3-9-23-52/h1-44H. The first-order valence-corrected chi connectivity index (χ1v) is 25.3. The zero-order chi connectivity index (χ0) is 48.7. The van der Waals surface area contributed by atoms with E-state index in [4.69, 9.17) is 9.97 Å². The molecule has 3 aromatic heterocycles. The molecule has 344 valence electrons. The van der Waals surface area contributed by atoms with Crippen LogP contribution in [0.5, 0.6) is 0 Å². The molecule has 0 amide bonds. The minimum Gasteiger partial charge on any atom is -0.309 e. The SMILES string of the molecule is c1ccc(-c2ccc3c4ccccc4n(-c4cc(-c5ccc6c7ccccc7c7ccccc7c6c5)cc(-c5nc(-c6ccccc6)cc(-c6ccc7c8ccccc8n(-c8ccccc8)c7c6)n5)c4)c3c2)cc1. The molecule has 0 aliphatic carbocycles. The molecule has 0 saturated carbocycles. The van der Waals surface area contributed by atoms with Crippen LogP contribution in [0.4, 0.5) is 0 Å². The predicted molar refractivity (Wildman–Crippen MR) is 310 cm³/mol. The number of nitrogens with zero attached hydrogens (tertiary/aromatic N) is 4. The maximum absolute atomic E-state index is 5.59. The molecule has 0 fully saturated rings. The number of hydrogen-bond donors (Lipinski definition) is 0. The minimum atomic E-state index is 0.649. The molecule has 0 saturated heterocycles. The van der Waals surface area contributed by atoms with Crippen LogP contribution >= 0.6 is 0 Å². The van der Waals surface area contributed by atoms with Crippen LogP contribution in [0, 0.1) is 0 Å². The van der Waals surface area contributed by atoms with E-state index in [0.29, 0.717) is 5.82 Å². The molecule has 0 spiro atoms. The quantitative estimate of drug-likeness (QED) is 0.149. The van der Waals surface area contributed by atoms with Gasteiger partial charge in [0.15, 0.2) is 5.82 Å². The minimum absolute atomic E-state index is 0.649. The Balaban J connectivity index is 1.00. The largest absolute Gasteiger partial charge is 0.309 e. The Morgan fingerprint density at radius 1 is 0.203 bits per heavy atom. The molecular weight excluding hydrogens is 897 g/mol. The Hall–Kier alpha value is -9.90. The Morgan fingerprint density at radius 2 is 0.608 bits per heavy atom. The predicted octanol–water partition coefficient (Wildman–Crippen LogP) is 18.5. The van der Waals surface area contributed by atoms with E-state index in [-0.39, 0.29) is 0 Å². The first-order chi connectivity index (χ1) is 36.7. The fraction of sp³-hybridized carbons (Fsp3) is 0. The number of aromatic nitrogens is 4. The highest BCUT2D eigenvalue weighted by Crippen LogP contribution is 2.42. The second kappa shape index (κ2) is 16.9. The summed E-state index contributed by atoms with van der Waals surface area (Å²) in [5.41, 5.74) is 15.9. The van der Waals surface area contributed by atoms with E-state index in [2.05, 4.69) is 276 Å². The average molecular weight is 941 g/mol. The van der Waals surface area contributed by atoms with Gasteiger partial charge in [-0.15, -0.1) is 0 Å². The topological polar surface area (TPSA) is 35.6 Å². The third kappa shape index (κ3) is 6.77. The van der Waals surface area contributed by atoms with Crippen molar-refractivity contribution in [2.24, 2.45) is 0 Å². The lowest BCUT2D eigenvalue weighted by atomic mass is 9.91. The molecule has 0 unspecified atom stereocenters. The summed E-state index contributed by atoms with van der Waals surface area (Å²) in [6.07, 6.45) is 0. The van der Waals surface area contributed by atoms with Gasteiger partial charge in [0.1, 0.15) is 0 Å². The fourth-order valence-corrected chi connectivity index (χ4v) is 11.6. The highest BCUT2D eigenvalue weighted by Gasteiger charge is 2.20. The summed E-state index contributed by atoms with van der Waals surface area (Å²) in [5.74, 6) is 0.649. The van der Waals surface area contributed by atoms with Crippen molar-refractivity contribution in [1.29, 1.82) is 0 Å². The van der Waals surface area contributed by atoms with Crippen LogP contribution < -0.4 is 0 Å². The second-order valence-electron chi connectivity index (χ2n) is 19.3. The van der Waals surface area contributed by atoms with Crippen LogP contribution in [-0.4, -0.2) is 19.1 Å². The van der Waals surface area contributed by atoms with Crippen molar-refractivity contribution in [2.45, 2.75) is 0 Å².